The van der Waals surface area contributed by atoms with E-state index >= 15 is 0 Å². The van der Waals surface area contributed by atoms with Gasteiger partial charge in [0.05, 0.1) is 6.54 Å². The molecule has 0 aliphatic rings. The molecule has 3 N–H and O–H groups in total. The molecule has 1 heterocycles. The van der Waals surface area contributed by atoms with E-state index in [1.54, 1.807) is 11.3 Å². The average Bonchev–Trinajstić information content (AvgIpc) is 3.03. The Hall–Kier alpha value is -1.11. The molecule has 0 amide bonds. The molecule has 1 unspecified atom stereocenters. The van der Waals surface area contributed by atoms with Crippen LogP contribution >= 0.6 is 11.3 Å². The van der Waals surface area contributed by atoms with Crippen molar-refractivity contribution in [3.8, 4) is 0 Å². The van der Waals surface area contributed by atoms with Gasteiger partial charge in [0.2, 0.25) is 0 Å². The molecule has 0 spiro atoms. The lowest BCUT2D eigenvalue weighted by atomic mass is 10.1. The lowest BCUT2D eigenvalue weighted by Crippen LogP contribution is -2.45. The smallest absolute Gasteiger partial charge is 0.191 e. The lowest BCUT2D eigenvalue weighted by Gasteiger charge is -2.30. The Labute approximate surface area is 151 Å². The van der Waals surface area contributed by atoms with Crippen molar-refractivity contribution in [1.29, 1.82) is 0 Å². The van der Waals surface area contributed by atoms with Gasteiger partial charge < -0.3 is 15.7 Å². The van der Waals surface area contributed by atoms with Gasteiger partial charge in [-0.25, -0.2) is 4.99 Å². The lowest BCUT2D eigenvalue weighted by molar-refractivity contribution is 0.0711. The summed E-state index contributed by atoms with van der Waals surface area (Å²) in [4.78, 5) is 7.94. The van der Waals surface area contributed by atoms with Crippen LogP contribution in [0.25, 0.3) is 0 Å². The third-order valence-corrected chi connectivity index (χ3v) is 5.05. The molecule has 0 saturated heterocycles. The number of nitrogens with zero attached hydrogens (tertiary/aromatic N) is 2. The van der Waals surface area contributed by atoms with E-state index in [0.717, 1.165) is 30.5 Å². The number of nitrogens with one attached hydrogen (secondary N) is 2. The zero-order chi connectivity index (χ0) is 18.2. The molecular formula is C18H34N4OS. The van der Waals surface area contributed by atoms with Crippen LogP contribution in [0.15, 0.2) is 22.5 Å². The van der Waals surface area contributed by atoms with Crippen molar-refractivity contribution >= 4 is 17.3 Å². The summed E-state index contributed by atoms with van der Waals surface area (Å²) in [5.41, 5.74) is -0.932. The first kappa shape index (κ1) is 20.9. The number of aliphatic imine (C=N–C) groups is 1. The fraction of sp³-hybridized carbons (Fsp3) is 0.722. The normalized spacial score (nSPS) is 15.2. The van der Waals surface area contributed by atoms with Gasteiger partial charge in [0.1, 0.15) is 5.60 Å². The van der Waals surface area contributed by atoms with Crippen LogP contribution in [0, 0.1) is 0 Å². The molecule has 0 aliphatic carbocycles. The predicted octanol–water partition coefficient (Wildman–Crippen LogP) is 2.63. The Bertz CT molecular complexity index is 475. The largest absolute Gasteiger partial charge is 0.383 e. The summed E-state index contributed by atoms with van der Waals surface area (Å²) in [7, 11) is 0. The van der Waals surface area contributed by atoms with E-state index in [4.69, 9.17) is 0 Å². The van der Waals surface area contributed by atoms with Crippen LogP contribution < -0.4 is 10.6 Å². The van der Waals surface area contributed by atoms with Gasteiger partial charge in [0.15, 0.2) is 5.96 Å². The Kier molecular flexibility index (Phi) is 8.73. The summed E-state index contributed by atoms with van der Waals surface area (Å²) in [6, 6.07) is 4.94. The van der Waals surface area contributed by atoms with Gasteiger partial charge in [-0.1, -0.05) is 6.07 Å². The molecule has 0 radical (unpaired) electrons. The molecular weight excluding hydrogens is 320 g/mol. The fourth-order valence-electron chi connectivity index (χ4n) is 2.65. The average molecular weight is 355 g/mol. The van der Waals surface area contributed by atoms with E-state index in [1.807, 2.05) is 31.4 Å². The number of rotatable bonds is 9. The van der Waals surface area contributed by atoms with Gasteiger partial charge in [0, 0.05) is 36.6 Å². The highest BCUT2D eigenvalue weighted by atomic mass is 32.1. The van der Waals surface area contributed by atoms with Crippen LogP contribution in [-0.2, 0) is 5.60 Å². The van der Waals surface area contributed by atoms with Crippen molar-refractivity contribution in [2.75, 3.05) is 26.2 Å². The Morgan fingerprint density at radius 1 is 1.29 bits per heavy atom. The molecule has 1 aromatic rings. The molecule has 0 bridgehead atoms. The third kappa shape index (κ3) is 6.79. The van der Waals surface area contributed by atoms with Crippen molar-refractivity contribution in [3.63, 3.8) is 0 Å². The molecule has 0 saturated carbocycles. The first-order valence-electron chi connectivity index (χ1n) is 8.82. The van der Waals surface area contributed by atoms with Crippen molar-refractivity contribution in [3.05, 3.63) is 22.4 Å². The first-order valence-corrected chi connectivity index (χ1v) is 9.70. The Morgan fingerprint density at radius 2 is 1.96 bits per heavy atom. The molecule has 0 aromatic carbocycles. The quantitative estimate of drug-likeness (QED) is 0.471. The second-order valence-electron chi connectivity index (χ2n) is 6.80. The summed E-state index contributed by atoms with van der Waals surface area (Å²) >= 11 is 1.56. The van der Waals surface area contributed by atoms with Crippen molar-refractivity contribution in [2.45, 2.75) is 59.2 Å². The second kappa shape index (κ2) is 10.0. The van der Waals surface area contributed by atoms with E-state index in [-0.39, 0.29) is 0 Å². The summed E-state index contributed by atoms with van der Waals surface area (Å²) in [5, 5.41) is 19.2. The van der Waals surface area contributed by atoms with Crippen molar-refractivity contribution in [2.24, 2.45) is 4.99 Å². The number of hydrogen-bond donors (Lipinski definition) is 3. The van der Waals surface area contributed by atoms with Crippen LogP contribution in [0.2, 0.25) is 0 Å². The van der Waals surface area contributed by atoms with Crippen LogP contribution in [-0.4, -0.2) is 54.2 Å². The van der Waals surface area contributed by atoms with Gasteiger partial charge in [-0.05, 0) is 53.0 Å². The highest BCUT2D eigenvalue weighted by Crippen LogP contribution is 2.25. The van der Waals surface area contributed by atoms with E-state index in [0.29, 0.717) is 18.6 Å². The number of hydrogen-bond acceptors (Lipinski definition) is 4. The summed E-state index contributed by atoms with van der Waals surface area (Å²) in [6.07, 6.45) is 0. The molecule has 1 atom stereocenters. The number of guanidine groups is 1. The minimum atomic E-state index is -0.932. The minimum Gasteiger partial charge on any atom is -0.383 e. The van der Waals surface area contributed by atoms with E-state index < -0.39 is 5.60 Å². The molecule has 6 heteroatoms. The molecule has 1 rings (SSSR count). The predicted molar refractivity (Wildman–Crippen MR) is 105 cm³/mol. The summed E-state index contributed by atoms with van der Waals surface area (Å²) in [5.74, 6) is 0.752. The zero-order valence-corrected chi connectivity index (χ0v) is 16.8. The summed E-state index contributed by atoms with van der Waals surface area (Å²) in [6.45, 7) is 15.6. The minimum absolute atomic E-state index is 0.334. The molecule has 0 aliphatic heterocycles. The molecule has 0 fully saturated rings. The van der Waals surface area contributed by atoms with Crippen molar-refractivity contribution < 1.29 is 5.11 Å². The number of thiophene rings is 1. The van der Waals surface area contributed by atoms with Crippen LogP contribution in [0.1, 0.15) is 46.4 Å². The Balaban J connectivity index is 2.60. The van der Waals surface area contributed by atoms with Crippen LogP contribution in [0.5, 0.6) is 0 Å². The maximum atomic E-state index is 10.6. The molecule has 24 heavy (non-hydrogen) atoms. The van der Waals surface area contributed by atoms with E-state index in [2.05, 4.69) is 48.2 Å². The topological polar surface area (TPSA) is 59.9 Å². The maximum Gasteiger partial charge on any atom is 0.191 e. The van der Waals surface area contributed by atoms with Gasteiger partial charge >= 0.3 is 0 Å². The standard InChI is InChI=1S/C18H34N4OS/c1-7-19-17(20-10-11-22(14(2)3)15(4)5)21-13-18(6,23)16-9-8-12-24-16/h8-9,12,14-15,23H,7,10-11,13H2,1-6H3,(H2,19,20,21). The second-order valence-corrected chi connectivity index (χ2v) is 7.75. The highest BCUT2D eigenvalue weighted by molar-refractivity contribution is 7.10. The first-order chi connectivity index (χ1) is 11.3. The van der Waals surface area contributed by atoms with Gasteiger partial charge in [-0.3, -0.25) is 4.90 Å². The zero-order valence-electron chi connectivity index (χ0n) is 16.0. The van der Waals surface area contributed by atoms with E-state index in [1.165, 1.54) is 0 Å². The van der Waals surface area contributed by atoms with Crippen LogP contribution in [0.3, 0.4) is 0 Å². The van der Waals surface area contributed by atoms with Gasteiger partial charge in [-0.2, -0.15) is 0 Å². The van der Waals surface area contributed by atoms with Crippen LogP contribution in [0.4, 0.5) is 0 Å². The van der Waals surface area contributed by atoms with E-state index in [9.17, 15) is 5.11 Å². The van der Waals surface area contributed by atoms with Gasteiger partial charge in [-0.15, -0.1) is 11.3 Å². The fourth-order valence-corrected chi connectivity index (χ4v) is 3.43. The number of aliphatic hydroxyl groups is 1. The summed E-state index contributed by atoms with van der Waals surface area (Å²) < 4.78 is 0. The van der Waals surface area contributed by atoms with Gasteiger partial charge in [0.25, 0.3) is 0 Å². The van der Waals surface area contributed by atoms with Crippen molar-refractivity contribution in [1.82, 2.24) is 15.5 Å². The Morgan fingerprint density at radius 3 is 2.46 bits per heavy atom. The third-order valence-electron chi connectivity index (χ3n) is 3.93. The molecule has 138 valence electrons. The molecule has 5 nitrogen and oxygen atoms in total. The highest BCUT2D eigenvalue weighted by Gasteiger charge is 2.24. The molecule has 1 aromatic heterocycles. The monoisotopic (exact) mass is 354 g/mol. The SMILES string of the molecule is CCNC(=NCC(C)(O)c1cccs1)NCCN(C(C)C)C(C)C. The maximum absolute atomic E-state index is 10.6.